The van der Waals surface area contributed by atoms with Crippen LogP contribution in [0.5, 0.6) is 5.75 Å². The third-order valence-electron chi connectivity index (χ3n) is 5.40. The molecule has 0 aliphatic carbocycles. The molecule has 1 amide bonds. The molecule has 5 heteroatoms. The van der Waals surface area contributed by atoms with Gasteiger partial charge in [-0.3, -0.25) is 9.59 Å². The van der Waals surface area contributed by atoms with Crippen LogP contribution in [0.15, 0.2) is 60.7 Å². The number of ether oxygens (including phenoxy) is 2. The van der Waals surface area contributed by atoms with E-state index >= 15 is 0 Å². The molecule has 1 fully saturated rings. The third kappa shape index (κ3) is 6.70. The summed E-state index contributed by atoms with van der Waals surface area (Å²) in [5.74, 6) is -0.348. The molecule has 0 bridgehead atoms. The van der Waals surface area contributed by atoms with Crippen LogP contribution in [0.1, 0.15) is 32.3 Å². The third-order valence-corrected chi connectivity index (χ3v) is 5.40. The maximum absolute atomic E-state index is 13.0. The van der Waals surface area contributed by atoms with Crippen LogP contribution in [0.25, 0.3) is 0 Å². The van der Waals surface area contributed by atoms with E-state index in [9.17, 15) is 9.59 Å². The van der Waals surface area contributed by atoms with Crippen LogP contribution in [-0.2, 0) is 20.7 Å². The van der Waals surface area contributed by atoms with Gasteiger partial charge in [0.2, 0.25) is 5.91 Å². The molecule has 5 nitrogen and oxygen atoms in total. The number of nitrogens with zero attached hydrogens (tertiary/aromatic N) is 1. The Labute approximate surface area is 179 Å². The maximum atomic E-state index is 13.0. The van der Waals surface area contributed by atoms with Crippen molar-refractivity contribution >= 4 is 11.9 Å². The number of carbonyl (C=O) groups is 2. The van der Waals surface area contributed by atoms with Crippen molar-refractivity contribution in [3.8, 4) is 5.75 Å². The lowest BCUT2D eigenvalue weighted by Crippen LogP contribution is -2.42. The van der Waals surface area contributed by atoms with Crippen LogP contribution in [-0.4, -0.2) is 43.1 Å². The van der Waals surface area contributed by atoms with Gasteiger partial charge in [-0.1, -0.05) is 62.4 Å². The first-order valence-corrected chi connectivity index (χ1v) is 10.6. The van der Waals surface area contributed by atoms with Crippen molar-refractivity contribution in [2.45, 2.75) is 33.1 Å². The topological polar surface area (TPSA) is 55.8 Å². The number of hydrogen-bond donors (Lipinski definition) is 0. The van der Waals surface area contributed by atoms with Crippen molar-refractivity contribution in [2.75, 3.05) is 26.3 Å². The predicted octanol–water partition coefficient (Wildman–Crippen LogP) is 4.12. The van der Waals surface area contributed by atoms with E-state index in [-0.39, 0.29) is 23.7 Å². The van der Waals surface area contributed by atoms with Gasteiger partial charge in [0.05, 0.1) is 19.1 Å². The molecule has 1 heterocycles. The minimum atomic E-state index is -0.501. The molecule has 3 rings (SSSR count). The summed E-state index contributed by atoms with van der Waals surface area (Å²) < 4.78 is 11.0. The van der Waals surface area contributed by atoms with Gasteiger partial charge >= 0.3 is 5.97 Å². The lowest BCUT2D eigenvalue weighted by atomic mass is 9.77. The van der Waals surface area contributed by atoms with E-state index in [0.717, 1.165) is 6.42 Å². The summed E-state index contributed by atoms with van der Waals surface area (Å²) in [4.78, 5) is 27.7. The Morgan fingerprint density at radius 2 is 1.60 bits per heavy atom. The molecule has 0 aromatic heterocycles. The minimum absolute atomic E-state index is 0.0103. The summed E-state index contributed by atoms with van der Waals surface area (Å²) in [7, 11) is 0. The van der Waals surface area contributed by atoms with Crippen LogP contribution in [0.4, 0.5) is 0 Å². The smallest absolute Gasteiger partial charge is 0.314 e. The van der Waals surface area contributed by atoms with Crippen LogP contribution in [0.2, 0.25) is 0 Å². The van der Waals surface area contributed by atoms with Crippen molar-refractivity contribution in [3.63, 3.8) is 0 Å². The van der Waals surface area contributed by atoms with E-state index in [2.05, 4.69) is 26.0 Å². The lowest BCUT2D eigenvalue weighted by Gasteiger charge is -2.31. The van der Waals surface area contributed by atoms with Crippen molar-refractivity contribution in [1.29, 1.82) is 0 Å². The van der Waals surface area contributed by atoms with E-state index in [1.165, 1.54) is 5.56 Å². The fourth-order valence-electron chi connectivity index (χ4n) is 3.97. The largest absolute Gasteiger partial charge is 0.426 e. The molecule has 30 heavy (non-hydrogen) atoms. The Morgan fingerprint density at radius 3 is 2.23 bits per heavy atom. The highest BCUT2D eigenvalue weighted by Gasteiger charge is 2.33. The number of amides is 1. The molecule has 160 valence electrons. The summed E-state index contributed by atoms with van der Waals surface area (Å²) in [6, 6.07) is 19.3. The zero-order valence-corrected chi connectivity index (χ0v) is 17.9. The average molecular weight is 410 g/mol. The van der Waals surface area contributed by atoms with Gasteiger partial charge in [0, 0.05) is 19.5 Å². The van der Waals surface area contributed by atoms with E-state index < -0.39 is 5.92 Å². The van der Waals surface area contributed by atoms with E-state index in [1.807, 2.05) is 36.4 Å². The number of hydrogen-bond acceptors (Lipinski definition) is 4. The Morgan fingerprint density at radius 1 is 1.00 bits per heavy atom. The van der Waals surface area contributed by atoms with Gasteiger partial charge < -0.3 is 14.4 Å². The maximum Gasteiger partial charge on any atom is 0.314 e. The molecule has 1 saturated heterocycles. The van der Waals surface area contributed by atoms with Gasteiger partial charge in [-0.15, -0.1) is 0 Å². The van der Waals surface area contributed by atoms with Gasteiger partial charge in [0.1, 0.15) is 5.75 Å². The van der Waals surface area contributed by atoms with Crippen molar-refractivity contribution in [2.24, 2.45) is 11.3 Å². The second-order valence-electron chi connectivity index (χ2n) is 8.66. The van der Waals surface area contributed by atoms with Gasteiger partial charge in [-0.25, -0.2) is 0 Å². The number of morpholine rings is 1. The fourth-order valence-corrected chi connectivity index (χ4v) is 3.97. The number of esters is 1. The standard InChI is InChI=1S/C25H31NO4/c1-25(2,18-20-9-5-3-6-10-20)19-21(17-23(27)26-13-15-29-16-14-26)24(28)30-22-11-7-4-8-12-22/h3-12,21H,13-19H2,1-2H3. The first-order chi connectivity index (χ1) is 14.4. The van der Waals surface area contributed by atoms with Crippen molar-refractivity contribution in [3.05, 3.63) is 66.2 Å². The monoisotopic (exact) mass is 409 g/mol. The molecule has 1 aliphatic heterocycles. The molecular weight excluding hydrogens is 378 g/mol. The zero-order valence-electron chi connectivity index (χ0n) is 17.9. The summed E-state index contributed by atoms with van der Waals surface area (Å²) in [6.07, 6.45) is 1.56. The van der Waals surface area contributed by atoms with E-state index in [0.29, 0.717) is 38.5 Å². The normalized spacial score (nSPS) is 15.5. The van der Waals surface area contributed by atoms with Gasteiger partial charge in [0.25, 0.3) is 0 Å². The van der Waals surface area contributed by atoms with Gasteiger partial charge in [-0.2, -0.15) is 0 Å². The van der Waals surface area contributed by atoms with E-state index in [4.69, 9.17) is 9.47 Å². The highest BCUT2D eigenvalue weighted by atomic mass is 16.5. The predicted molar refractivity (Wildman–Crippen MR) is 116 cm³/mol. The van der Waals surface area contributed by atoms with Gasteiger partial charge in [0.15, 0.2) is 0 Å². The Kier molecular flexibility index (Phi) is 7.63. The Bertz CT molecular complexity index is 814. The fraction of sp³-hybridized carbons (Fsp3) is 0.440. The molecule has 0 N–H and O–H groups in total. The summed E-state index contributed by atoms with van der Waals surface area (Å²) >= 11 is 0. The van der Waals surface area contributed by atoms with Crippen LogP contribution in [0, 0.1) is 11.3 Å². The number of carbonyl (C=O) groups excluding carboxylic acids is 2. The second-order valence-corrected chi connectivity index (χ2v) is 8.66. The minimum Gasteiger partial charge on any atom is -0.426 e. The first-order valence-electron chi connectivity index (χ1n) is 10.6. The van der Waals surface area contributed by atoms with Crippen molar-refractivity contribution in [1.82, 2.24) is 4.90 Å². The molecule has 0 spiro atoms. The molecule has 2 aromatic rings. The Balaban J connectivity index is 1.71. The molecule has 1 atom stereocenters. The van der Waals surface area contributed by atoms with Crippen LogP contribution < -0.4 is 4.74 Å². The molecular formula is C25H31NO4. The summed E-state index contributed by atoms with van der Waals surface area (Å²) in [5, 5.41) is 0. The molecule has 1 unspecified atom stereocenters. The SMILES string of the molecule is CC(C)(Cc1ccccc1)CC(CC(=O)N1CCOCC1)C(=O)Oc1ccccc1. The number of rotatable bonds is 8. The number of benzene rings is 2. The summed E-state index contributed by atoms with van der Waals surface area (Å²) in [6.45, 7) is 6.53. The van der Waals surface area contributed by atoms with Crippen LogP contribution in [0.3, 0.4) is 0 Å². The highest BCUT2D eigenvalue weighted by molar-refractivity contribution is 5.84. The van der Waals surface area contributed by atoms with Gasteiger partial charge in [-0.05, 0) is 36.0 Å². The highest BCUT2D eigenvalue weighted by Crippen LogP contribution is 2.32. The molecule has 0 radical (unpaired) electrons. The first kappa shape index (κ1) is 22.0. The molecule has 1 aliphatic rings. The van der Waals surface area contributed by atoms with E-state index in [1.54, 1.807) is 17.0 Å². The average Bonchev–Trinajstić information content (AvgIpc) is 2.74. The molecule has 2 aromatic carbocycles. The molecule has 0 saturated carbocycles. The second kappa shape index (κ2) is 10.4. The zero-order chi connectivity index (χ0) is 21.4. The Hall–Kier alpha value is -2.66. The summed E-state index contributed by atoms with van der Waals surface area (Å²) in [5.41, 5.74) is 1.06. The van der Waals surface area contributed by atoms with Crippen molar-refractivity contribution < 1.29 is 19.1 Å². The van der Waals surface area contributed by atoms with Crippen LogP contribution >= 0.6 is 0 Å². The number of para-hydroxylation sites is 1. The lowest BCUT2D eigenvalue weighted by molar-refractivity contribution is -0.146. The quantitative estimate of drug-likeness (QED) is 0.486.